The maximum absolute atomic E-state index is 12.0. The van der Waals surface area contributed by atoms with Gasteiger partial charge in [-0.25, -0.2) is 0 Å². The van der Waals surface area contributed by atoms with E-state index in [-0.39, 0.29) is 18.4 Å². The molecular weight excluding hydrogens is 280 g/mol. The molecule has 5 heteroatoms. The Balaban J connectivity index is 1.51. The van der Waals surface area contributed by atoms with Gasteiger partial charge in [0.05, 0.1) is 5.69 Å². The highest BCUT2D eigenvalue weighted by atomic mass is 16.5. The summed E-state index contributed by atoms with van der Waals surface area (Å²) in [5, 5.41) is 5.91. The lowest BCUT2D eigenvalue weighted by molar-refractivity contribution is -0.122. The molecule has 22 heavy (non-hydrogen) atoms. The monoisotopic (exact) mass is 302 g/mol. The van der Waals surface area contributed by atoms with Crippen LogP contribution in [0.15, 0.2) is 18.2 Å². The van der Waals surface area contributed by atoms with Crippen molar-refractivity contribution in [1.82, 2.24) is 5.32 Å². The highest BCUT2D eigenvalue weighted by molar-refractivity contribution is 5.95. The summed E-state index contributed by atoms with van der Waals surface area (Å²) in [5.41, 5.74) is 1.73. The van der Waals surface area contributed by atoms with Crippen LogP contribution in [0.1, 0.15) is 44.1 Å². The number of carbonyl (C=O) groups excluding carboxylic acids is 2. The van der Waals surface area contributed by atoms with Crippen molar-refractivity contribution in [3.05, 3.63) is 23.8 Å². The van der Waals surface area contributed by atoms with E-state index in [0.717, 1.165) is 18.4 Å². The summed E-state index contributed by atoms with van der Waals surface area (Å²) >= 11 is 0. The van der Waals surface area contributed by atoms with Crippen LogP contribution >= 0.6 is 0 Å². The molecule has 2 aliphatic rings. The lowest BCUT2D eigenvalue weighted by Crippen LogP contribution is -2.36. The summed E-state index contributed by atoms with van der Waals surface area (Å²) in [4.78, 5) is 23.3. The summed E-state index contributed by atoms with van der Waals surface area (Å²) in [6.45, 7) is 0.0656. The van der Waals surface area contributed by atoms with E-state index in [4.69, 9.17) is 4.74 Å². The van der Waals surface area contributed by atoms with Gasteiger partial charge in [-0.2, -0.15) is 0 Å². The summed E-state index contributed by atoms with van der Waals surface area (Å²) < 4.78 is 5.33. The van der Waals surface area contributed by atoms with Gasteiger partial charge in [0.25, 0.3) is 5.91 Å². The fourth-order valence-corrected chi connectivity index (χ4v) is 3.09. The molecule has 5 nitrogen and oxygen atoms in total. The Bertz CT molecular complexity index is 565. The molecule has 1 aliphatic carbocycles. The van der Waals surface area contributed by atoms with Crippen LogP contribution in [0.3, 0.4) is 0 Å². The fraction of sp³-hybridized carbons (Fsp3) is 0.529. The topological polar surface area (TPSA) is 67.4 Å². The van der Waals surface area contributed by atoms with Gasteiger partial charge < -0.3 is 15.4 Å². The van der Waals surface area contributed by atoms with Gasteiger partial charge in [-0.3, -0.25) is 9.59 Å². The first-order valence-electron chi connectivity index (χ1n) is 8.05. The van der Waals surface area contributed by atoms with Crippen molar-refractivity contribution in [2.45, 2.75) is 51.0 Å². The molecule has 3 rings (SSSR count). The zero-order valence-electron chi connectivity index (χ0n) is 12.7. The van der Waals surface area contributed by atoms with Gasteiger partial charge in [0.1, 0.15) is 5.75 Å². The van der Waals surface area contributed by atoms with Gasteiger partial charge in [0, 0.05) is 12.5 Å². The van der Waals surface area contributed by atoms with E-state index in [0.29, 0.717) is 30.3 Å². The number of carbonyl (C=O) groups is 2. The molecule has 0 saturated heterocycles. The number of amides is 2. The van der Waals surface area contributed by atoms with Crippen LogP contribution in [-0.2, 0) is 16.0 Å². The molecule has 0 aromatic heterocycles. The van der Waals surface area contributed by atoms with Crippen LogP contribution in [0.4, 0.5) is 5.69 Å². The molecule has 0 bridgehead atoms. The highest BCUT2D eigenvalue weighted by Crippen LogP contribution is 2.28. The quantitative estimate of drug-likeness (QED) is 0.897. The number of hydrogen-bond donors (Lipinski definition) is 2. The number of benzene rings is 1. The van der Waals surface area contributed by atoms with Crippen molar-refractivity contribution in [2.75, 3.05) is 11.9 Å². The first-order valence-corrected chi connectivity index (χ1v) is 8.05. The second-order valence-electron chi connectivity index (χ2n) is 6.07. The molecule has 1 aromatic carbocycles. The molecule has 0 radical (unpaired) electrons. The maximum Gasteiger partial charge on any atom is 0.262 e. The molecule has 1 saturated carbocycles. The Labute approximate surface area is 130 Å². The van der Waals surface area contributed by atoms with Gasteiger partial charge in [-0.05, 0) is 37.0 Å². The van der Waals surface area contributed by atoms with Gasteiger partial charge in [0.2, 0.25) is 5.91 Å². The van der Waals surface area contributed by atoms with Gasteiger partial charge in [0.15, 0.2) is 6.61 Å². The van der Waals surface area contributed by atoms with Crippen LogP contribution in [-0.4, -0.2) is 24.5 Å². The first-order chi connectivity index (χ1) is 10.7. The van der Waals surface area contributed by atoms with Crippen molar-refractivity contribution < 1.29 is 14.3 Å². The average Bonchev–Trinajstić information content (AvgIpc) is 2.53. The number of aryl methyl sites for hydroxylation is 1. The zero-order valence-corrected chi connectivity index (χ0v) is 12.7. The Morgan fingerprint density at radius 1 is 1.27 bits per heavy atom. The lowest BCUT2D eigenvalue weighted by Gasteiger charge is -2.22. The smallest absolute Gasteiger partial charge is 0.262 e. The number of hydrogen-bond acceptors (Lipinski definition) is 3. The minimum Gasteiger partial charge on any atom is -0.482 e. The van der Waals surface area contributed by atoms with Crippen molar-refractivity contribution >= 4 is 17.5 Å². The van der Waals surface area contributed by atoms with Crippen LogP contribution in [0.5, 0.6) is 5.75 Å². The summed E-state index contributed by atoms with van der Waals surface area (Å²) in [7, 11) is 0. The Morgan fingerprint density at radius 3 is 2.91 bits per heavy atom. The summed E-state index contributed by atoms with van der Waals surface area (Å²) in [6, 6.07) is 6.05. The lowest BCUT2D eigenvalue weighted by atomic mass is 9.95. The number of rotatable bonds is 4. The largest absolute Gasteiger partial charge is 0.482 e. The summed E-state index contributed by atoms with van der Waals surface area (Å²) in [6.07, 6.45) is 7.08. The van der Waals surface area contributed by atoms with Crippen molar-refractivity contribution in [3.63, 3.8) is 0 Å². The van der Waals surface area contributed by atoms with Crippen molar-refractivity contribution in [2.24, 2.45) is 0 Å². The molecule has 1 aliphatic heterocycles. The average molecular weight is 302 g/mol. The molecule has 0 atom stereocenters. The number of anilines is 1. The minimum absolute atomic E-state index is 0.0656. The molecule has 0 unspecified atom stereocenters. The van der Waals surface area contributed by atoms with E-state index >= 15 is 0 Å². The molecule has 2 N–H and O–H groups in total. The molecular formula is C17H22N2O3. The SMILES string of the molecule is O=C1COc2ccc(CCC(=O)NC3CCCCC3)cc2N1. The summed E-state index contributed by atoms with van der Waals surface area (Å²) in [5.74, 6) is 0.666. The number of nitrogens with one attached hydrogen (secondary N) is 2. The van der Waals surface area contributed by atoms with Crippen LogP contribution in [0.25, 0.3) is 0 Å². The normalized spacial score (nSPS) is 18.1. The Morgan fingerprint density at radius 2 is 2.09 bits per heavy atom. The molecule has 1 aromatic rings. The van der Waals surface area contributed by atoms with E-state index in [9.17, 15) is 9.59 Å². The zero-order chi connectivity index (χ0) is 15.4. The van der Waals surface area contributed by atoms with Crippen LogP contribution in [0.2, 0.25) is 0 Å². The van der Waals surface area contributed by atoms with E-state index in [1.54, 1.807) is 0 Å². The number of fused-ring (bicyclic) bond motifs is 1. The Kier molecular flexibility index (Phi) is 4.61. The van der Waals surface area contributed by atoms with Gasteiger partial charge in [-0.1, -0.05) is 25.3 Å². The first kappa shape index (κ1) is 14.9. The molecule has 1 fully saturated rings. The number of ether oxygens (including phenoxy) is 1. The standard InChI is InChI=1S/C17H22N2O3/c20-16(18-13-4-2-1-3-5-13)9-7-12-6-8-15-14(10-12)19-17(21)11-22-15/h6,8,10,13H,1-5,7,9,11H2,(H,18,20)(H,19,21). The maximum atomic E-state index is 12.0. The predicted molar refractivity (Wildman–Crippen MR) is 83.9 cm³/mol. The van der Waals surface area contributed by atoms with E-state index in [1.165, 1.54) is 19.3 Å². The van der Waals surface area contributed by atoms with E-state index in [2.05, 4.69) is 10.6 Å². The van der Waals surface area contributed by atoms with E-state index in [1.807, 2.05) is 18.2 Å². The van der Waals surface area contributed by atoms with Gasteiger partial charge in [-0.15, -0.1) is 0 Å². The third-order valence-corrected chi connectivity index (χ3v) is 4.29. The predicted octanol–water partition coefficient (Wildman–Crippen LogP) is 2.40. The molecule has 0 spiro atoms. The van der Waals surface area contributed by atoms with Gasteiger partial charge >= 0.3 is 0 Å². The molecule has 2 amide bonds. The molecule has 118 valence electrons. The second kappa shape index (κ2) is 6.81. The minimum atomic E-state index is -0.139. The Hall–Kier alpha value is -2.04. The third-order valence-electron chi connectivity index (χ3n) is 4.29. The highest BCUT2D eigenvalue weighted by Gasteiger charge is 2.17. The van der Waals surface area contributed by atoms with E-state index < -0.39 is 0 Å². The third kappa shape index (κ3) is 3.78. The fourth-order valence-electron chi connectivity index (χ4n) is 3.09. The van der Waals surface area contributed by atoms with Crippen molar-refractivity contribution in [1.29, 1.82) is 0 Å². The second-order valence-corrected chi connectivity index (χ2v) is 6.07. The van der Waals surface area contributed by atoms with Crippen LogP contribution in [0, 0.1) is 0 Å². The molecule has 1 heterocycles. The van der Waals surface area contributed by atoms with Crippen LogP contribution < -0.4 is 15.4 Å². The van der Waals surface area contributed by atoms with Crippen molar-refractivity contribution in [3.8, 4) is 5.75 Å².